The van der Waals surface area contributed by atoms with Gasteiger partial charge in [0.2, 0.25) is 11.8 Å². The van der Waals surface area contributed by atoms with Crippen LogP contribution in [-0.2, 0) is 9.59 Å². The molecular formula is C18H27N3O2. The zero-order chi connectivity index (χ0) is 16.9. The summed E-state index contributed by atoms with van der Waals surface area (Å²) in [5.41, 5.74) is 0.940. The average Bonchev–Trinajstić information content (AvgIpc) is 3.34. The van der Waals surface area contributed by atoms with Gasteiger partial charge in [-0.3, -0.25) is 9.59 Å². The number of anilines is 2. The third-order valence-corrected chi connectivity index (χ3v) is 4.33. The highest BCUT2D eigenvalue weighted by Gasteiger charge is 2.56. The van der Waals surface area contributed by atoms with Crippen molar-refractivity contribution in [1.82, 2.24) is 5.32 Å². The van der Waals surface area contributed by atoms with Gasteiger partial charge in [0, 0.05) is 32.0 Å². The lowest BCUT2D eigenvalue weighted by atomic mass is 10.0. The lowest BCUT2D eigenvalue weighted by Gasteiger charge is -2.16. The van der Waals surface area contributed by atoms with Gasteiger partial charge in [-0.25, -0.2) is 0 Å². The van der Waals surface area contributed by atoms with E-state index in [9.17, 15) is 9.59 Å². The number of benzene rings is 1. The monoisotopic (exact) mass is 317 g/mol. The van der Waals surface area contributed by atoms with Gasteiger partial charge in [0.15, 0.2) is 0 Å². The Labute approximate surface area is 138 Å². The van der Waals surface area contributed by atoms with Crippen molar-refractivity contribution in [2.45, 2.75) is 39.0 Å². The van der Waals surface area contributed by atoms with Crippen LogP contribution in [-0.4, -0.2) is 32.5 Å². The van der Waals surface area contributed by atoms with Crippen molar-refractivity contribution in [1.29, 1.82) is 0 Å². The summed E-state index contributed by atoms with van der Waals surface area (Å²) in [5, 5.41) is 5.78. The predicted molar refractivity (Wildman–Crippen MR) is 93.6 cm³/mol. The molecule has 23 heavy (non-hydrogen) atoms. The molecule has 1 aliphatic rings. The van der Waals surface area contributed by atoms with Crippen LogP contribution in [0.5, 0.6) is 0 Å². The fraction of sp³-hybridized carbons (Fsp3) is 0.556. The third kappa shape index (κ3) is 4.24. The largest absolute Gasteiger partial charge is 0.378 e. The van der Waals surface area contributed by atoms with E-state index in [1.165, 1.54) is 0 Å². The van der Waals surface area contributed by atoms with Crippen LogP contribution < -0.4 is 15.5 Å². The number of hydrogen-bond donors (Lipinski definition) is 2. The lowest BCUT2D eigenvalue weighted by Crippen LogP contribution is -2.40. The van der Waals surface area contributed by atoms with Gasteiger partial charge in [0.25, 0.3) is 0 Å². The molecule has 5 heteroatoms. The predicted octanol–water partition coefficient (Wildman–Crippen LogP) is 2.78. The molecule has 0 saturated heterocycles. The van der Waals surface area contributed by atoms with Crippen LogP contribution in [0.4, 0.5) is 11.4 Å². The van der Waals surface area contributed by atoms with E-state index in [1.807, 2.05) is 43.3 Å². The lowest BCUT2D eigenvalue weighted by molar-refractivity contribution is -0.134. The molecule has 0 heterocycles. The molecule has 1 saturated carbocycles. The van der Waals surface area contributed by atoms with E-state index in [-0.39, 0.29) is 11.8 Å². The Morgan fingerprint density at radius 3 is 2.26 bits per heavy atom. The van der Waals surface area contributed by atoms with E-state index in [0.29, 0.717) is 19.4 Å². The highest BCUT2D eigenvalue weighted by atomic mass is 16.2. The Kier molecular flexibility index (Phi) is 5.64. The maximum atomic E-state index is 12.5. The standard InChI is InChI=1S/C18H27N3O2/c1-4-5-6-13-19-16(22)18(11-12-18)17(23)20-14-7-9-15(10-8-14)21(2)3/h7-10H,4-6,11-13H2,1-3H3,(H,19,22)(H,20,23). The van der Waals surface area contributed by atoms with Crippen LogP contribution in [0.3, 0.4) is 0 Å². The summed E-state index contributed by atoms with van der Waals surface area (Å²) in [6.07, 6.45) is 4.44. The maximum Gasteiger partial charge on any atom is 0.240 e. The Hall–Kier alpha value is -2.04. The molecule has 1 fully saturated rings. The molecule has 0 aromatic heterocycles. The van der Waals surface area contributed by atoms with E-state index in [4.69, 9.17) is 0 Å². The summed E-state index contributed by atoms with van der Waals surface area (Å²) in [5.74, 6) is -0.320. The van der Waals surface area contributed by atoms with Crippen molar-refractivity contribution >= 4 is 23.2 Å². The first-order chi connectivity index (χ1) is 11.0. The minimum atomic E-state index is -0.855. The maximum absolute atomic E-state index is 12.5. The molecule has 0 aliphatic heterocycles. The summed E-state index contributed by atoms with van der Waals surface area (Å²) in [7, 11) is 3.94. The number of rotatable bonds is 8. The molecule has 0 spiro atoms. The van der Waals surface area contributed by atoms with Crippen molar-refractivity contribution in [3.63, 3.8) is 0 Å². The first-order valence-electron chi connectivity index (χ1n) is 8.37. The SMILES string of the molecule is CCCCCNC(=O)C1(C(=O)Nc2ccc(N(C)C)cc2)CC1. The number of nitrogens with zero attached hydrogens (tertiary/aromatic N) is 1. The molecule has 1 aromatic rings. The van der Waals surface area contributed by atoms with Crippen LogP contribution >= 0.6 is 0 Å². The van der Waals surface area contributed by atoms with Gasteiger partial charge in [0.05, 0.1) is 0 Å². The van der Waals surface area contributed by atoms with Gasteiger partial charge in [-0.15, -0.1) is 0 Å². The van der Waals surface area contributed by atoms with Crippen LogP contribution in [0.15, 0.2) is 24.3 Å². The first-order valence-corrected chi connectivity index (χ1v) is 8.37. The molecule has 2 rings (SSSR count). The topological polar surface area (TPSA) is 61.4 Å². The fourth-order valence-corrected chi connectivity index (χ4v) is 2.52. The summed E-state index contributed by atoms with van der Waals surface area (Å²) in [6, 6.07) is 7.62. The molecule has 5 nitrogen and oxygen atoms in total. The Balaban J connectivity index is 1.90. The molecule has 0 atom stereocenters. The number of amides is 2. The Morgan fingerprint density at radius 1 is 1.09 bits per heavy atom. The van der Waals surface area contributed by atoms with Crippen molar-refractivity contribution < 1.29 is 9.59 Å². The van der Waals surface area contributed by atoms with Gasteiger partial charge in [-0.2, -0.15) is 0 Å². The van der Waals surface area contributed by atoms with E-state index in [1.54, 1.807) is 0 Å². The summed E-state index contributed by atoms with van der Waals surface area (Å²) in [6.45, 7) is 2.78. The normalized spacial score (nSPS) is 14.9. The molecule has 1 aliphatic carbocycles. The summed E-state index contributed by atoms with van der Waals surface area (Å²) in [4.78, 5) is 26.7. The van der Waals surface area contributed by atoms with E-state index >= 15 is 0 Å². The van der Waals surface area contributed by atoms with E-state index < -0.39 is 5.41 Å². The van der Waals surface area contributed by atoms with Crippen molar-refractivity contribution in [3.05, 3.63) is 24.3 Å². The highest BCUT2D eigenvalue weighted by Crippen LogP contribution is 2.46. The molecule has 2 amide bonds. The third-order valence-electron chi connectivity index (χ3n) is 4.33. The van der Waals surface area contributed by atoms with Crippen LogP contribution in [0.2, 0.25) is 0 Å². The molecular weight excluding hydrogens is 290 g/mol. The van der Waals surface area contributed by atoms with Gasteiger partial charge >= 0.3 is 0 Å². The molecule has 0 unspecified atom stereocenters. The second-order valence-electron chi connectivity index (χ2n) is 6.44. The molecule has 0 bridgehead atoms. The number of carbonyl (C=O) groups excluding carboxylic acids is 2. The van der Waals surface area contributed by atoms with Crippen LogP contribution in [0.25, 0.3) is 0 Å². The van der Waals surface area contributed by atoms with Gasteiger partial charge in [-0.05, 0) is 43.5 Å². The van der Waals surface area contributed by atoms with Gasteiger partial charge < -0.3 is 15.5 Å². The molecule has 2 N–H and O–H groups in total. The second kappa shape index (κ2) is 7.49. The van der Waals surface area contributed by atoms with Crippen molar-refractivity contribution in [2.24, 2.45) is 5.41 Å². The van der Waals surface area contributed by atoms with Crippen LogP contribution in [0.1, 0.15) is 39.0 Å². The molecule has 126 valence electrons. The number of carbonyl (C=O) groups is 2. The minimum Gasteiger partial charge on any atom is -0.378 e. The smallest absolute Gasteiger partial charge is 0.240 e. The van der Waals surface area contributed by atoms with E-state index in [2.05, 4.69) is 17.6 Å². The Bertz CT molecular complexity index is 548. The summed E-state index contributed by atoms with van der Waals surface area (Å²) < 4.78 is 0. The van der Waals surface area contributed by atoms with Gasteiger partial charge in [-0.1, -0.05) is 19.8 Å². The minimum absolute atomic E-state index is 0.129. The van der Waals surface area contributed by atoms with Crippen molar-refractivity contribution in [3.8, 4) is 0 Å². The highest BCUT2D eigenvalue weighted by molar-refractivity contribution is 6.13. The number of unbranched alkanes of at least 4 members (excludes halogenated alkanes) is 2. The molecule has 1 aromatic carbocycles. The second-order valence-corrected chi connectivity index (χ2v) is 6.44. The van der Waals surface area contributed by atoms with Crippen molar-refractivity contribution in [2.75, 3.05) is 30.9 Å². The zero-order valence-corrected chi connectivity index (χ0v) is 14.3. The van der Waals surface area contributed by atoms with E-state index in [0.717, 1.165) is 30.6 Å². The average molecular weight is 317 g/mol. The fourth-order valence-electron chi connectivity index (χ4n) is 2.52. The number of nitrogens with one attached hydrogen (secondary N) is 2. The van der Waals surface area contributed by atoms with Crippen LogP contribution in [0, 0.1) is 5.41 Å². The summed E-state index contributed by atoms with van der Waals surface area (Å²) >= 11 is 0. The number of hydrogen-bond acceptors (Lipinski definition) is 3. The Morgan fingerprint density at radius 2 is 1.74 bits per heavy atom. The zero-order valence-electron chi connectivity index (χ0n) is 14.3. The quantitative estimate of drug-likeness (QED) is 0.572. The first kappa shape index (κ1) is 17.3. The molecule has 0 radical (unpaired) electrons. The van der Waals surface area contributed by atoms with Gasteiger partial charge in [0.1, 0.15) is 5.41 Å².